The molecule has 21 heavy (non-hydrogen) atoms. The van der Waals surface area contributed by atoms with Crippen molar-refractivity contribution in [1.82, 2.24) is 14.5 Å². The molecule has 2 heterocycles. The topological polar surface area (TPSA) is 56.3 Å². The molecule has 0 aliphatic carbocycles. The minimum Gasteiger partial charge on any atom is -0.492 e. The van der Waals surface area contributed by atoms with Gasteiger partial charge in [0.15, 0.2) is 0 Å². The number of nitrogen functional groups attached to an aromatic ring is 1. The quantitative estimate of drug-likeness (QED) is 0.916. The van der Waals surface area contributed by atoms with Crippen molar-refractivity contribution in [2.45, 2.75) is 13.5 Å². The van der Waals surface area contributed by atoms with Gasteiger partial charge in [-0.1, -0.05) is 6.07 Å². The van der Waals surface area contributed by atoms with Gasteiger partial charge in [0.2, 0.25) is 5.95 Å². The summed E-state index contributed by atoms with van der Waals surface area (Å²) in [6, 6.07) is 6.01. The fraction of sp³-hybridized carbons (Fsp3) is 0.533. The summed E-state index contributed by atoms with van der Waals surface area (Å²) in [5, 5.41) is 0. The summed E-state index contributed by atoms with van der Waals surface area (Å²) in [5.74, 6) is 3.85. The lowest BCUT2D eigenvalue weighted by molar-refractivity contribution is 0.291. The number of para-hydroxylation sites is 1. The van der Waals surface area contributed by atoms with Crippen molar-refractivity contribution >= 4 is 28.7 Å². The second kappa shape index (κ2) is 6.58. The van der Waals surface area contributed by atoms with Crippen LogP contribution in [0.4, 0.5) is 5.95 Å². The molecule has 1 aliphatic heterocycles. The molecule has 5 nitrogen and oxygen atoms in total. The Labute approximate surface area is 129 Å². The molecule has 3 rings (SSSR count). The van der Waals surface area contributed by atoms with Crippen molar-refractivity contribution < 1.29 is 4.74 Å². The molecule has 1 fully saturated rings. The molecule has 0 atom stereocenters. The van der Waals surface area contributed by atoms with Crippen LogP contribution >= 0.6 is 11.8 Å². The highest BCUT2D eigenvalue weighted by molar-refractivity contribution is 7.99. The van der Waals surface area contributed by atoms with Crippen molar-refractivity contribution in [2.24, 2.45) is 0 Å². The Bertz CT molecular complexity index is 607. The third-order valence-corrected chi connectivity index (χ3v) is 4.76. The summed E-state index contributed by atoms with van der Waals surface area (Å²) in [5.41, 5.74) is 8.03. The monoisotopic (exact) mass is 306 g/mol. The largest absolute Gasteiger partial charge is 0.492 e. The van der Waals surface area contributed by atoms with E-state index in [2.05, 4.69) is 20.5 Å². The van der Waals surface area contributed by atoms with Crippen LogP contribution < -0.4 is 10.5 Å². The third kappa shape index (κ3) is 3.11. The first-order chi connectivity index (χ1) is 10.3. The minimum atomic E-state index is 0.573. The van der Waals surface area contributed by atoms with Gasteiger partial charge < -0.3 is 15.0 Å². The fourth-order valence-electron chi connectivity index (χ4n) is 2.71. The summed E-state index contributed by atoms with van der Waals surface area (Å²) in [7, 11) is 0. The number of hydrogen-bond acceptors (Lipinski definition) is 5. The average Bonchev–Trinajstić information content (AvgIpc) is 2.83. The molecule has 114 valence electrons. The molecular weight excluding hydrogens is 284 g/mol. The maximum absolute atomic E-state index is 6.11. The number of nitrogens with zero attached hydrogens (tertiary/aromatic N) is 3. The average molecular weight is 306 g/mol. The summed E-state index contributed by atoms with van der Waals surface area (Å²) >= 11 is 2.03. The Balaban J connectivity index is 1.81. The molecule has 1 aromatic carbocycles. The summed E-state index contributed by atoms with van der Waals surface area (Å²) < 4.78 is 7.73. The van der Waals surface area contributed by atoms with Gasteiger partial charge in [0.25, 0.3) is 0 Å². The van der Waals surface area contributed by atoms with Gasteiger partial charge in [-0.25, -0.2) is 4.98 Å². The number of rotatable bonds is 5. The molecule has 0 amide bonds. The number of imidazole rings is 1. The molecule has 2 N–H and O–H groups in total. The van der Waals surface area contributed by atoms with Gasteiger partial charge in [-0.05, 0) is 19.1 Å². The van der Waals surface area contributed by atoms with Gasteiger partial charge >= 0.3 is 0 Å². The Morgan fingerprint density at radius 3 is 2.86 bits per heavy atom. The highest BCUT2D eigenvalue weighted by Gasteiger charge is 2.14. The van der Waals surface area contributed by atoms with Crippen LogP contribution in [-0.4, -0.2) is 52.2 Å². The Morgan fingerprint density at radius 2 is 2.10 bits per heavy atom. The van der Waals surface area contributed by atoms with Crippen LogP contribution in [0.1, 0.15) is 6.92 Å². The summed E-state index contributed by atoms with van der Waals surface area (Å²) in [6.07, 6.45) is 0. The zero-order valence-corrected chi connectivity index (χ0v) is 13.2. The van der Waals surface area contributed by atoms with E-state index in [9.17, 15) is 0 Å². The molecule has 1 saturated heterocycles. The highest BCUT2D eigenvalue weighted by atomic mass is 32.2. The lowest BCUT2D eigenvalue weighted by Gasteiger charge is -2.26. The molecule has 6 heteroatoms. The van der Waals surface area contributed by atoms with E-state index in [0.717, 1.165) is 29.9 Å². The van der Waals surface area contributed by atoms with Crippen LogP contribution in [0.2, 0.25) is 0 Å². The molecule has 1 aromatic heterocycles. The first-order valence-electron chi connectivity index (χ1n) is 7.47. The highest BCUT2D eigenvalue weighted by Crippen LogP contribution is 2.27. The molecule has 1 aliphatic rings. The minimum absolute atomic E-state index is 0.573. The summed E-state index contributed by atoms with van der Waals surface area (Å²) in [4.78, 5) is 6.98. The Morgan fingerprint density at radius 1 is 1.29 bits per heavy atom. The number of nitrogens with two attached hydrogens (primary N) is 1. The number of thioether (sulfide) groups is 1. The number of anilines is 1. The van der Waals surface area contributed by atoms with E-state index in [0.29, 0.717) is 12.6 Å². The molecule has 2 aromatic rings. The van der Waals surface area contributed by atoms with Crippen LogP contribution in [-0.2, 0) is 6.54 Å². The number of hydrogen-bond donors (Lipinski definition) is 1. The predicted molar refractivity (Wildman–Crippen MR) is 89.1 cm³/mol. The SMILES string of the molecule is CCOc1cccc2c1nc(N)n2CCN1CCSCC1. The van der Waals surface area contributed by atoms with Crippen LogP contribution in [0.25, 0.3) is 11.0 Å². The van der Waals surface area contributed by atoms with Gasteiger partial charge in [-0.15, -0.1) is 0 Å². The van der Waals surface area contributed by atoms with E-state index in [1.807, 2.05) is 30.8 Å². The van der Waals surface area contributed by atoms with Gasteiger partial charge in [-0.3, -0.25) is 4.90 Å². The zero-order chi connectivity index (χ0) is 14.7. The van der Waals surface area contributed by atoms with E-state index in [-0.39, 0.29) is 0 Å². The van der Waals surface area contributed by atoms with Crippen LogP contribution in [0.5, 0.6) is 5.75 Å². The van der Waals surface area contributed by atoms with Gasteiger partial charge in [-0.2, -0.15) is 11.8 Å². The van der Waals surface area contributed by atoms with E-state index in [4.69, 9.17) is 10.5 Å². The van der Waals surface area contributed by atoms with E-state index in [1.165, 1.54) is 24.6 Å². The molecule has 0 unspecified atom stereocenters. The van der Waals surface area contributed by atoms with Crippen molar-refractivity contribution in [3.8, 4) is 5.75 Å². The van der Waals surface area contributed by atoms with Gasteiger partial charge in [0.05, 0.1) is 12.1 Å². The molecule has 0 radical (unpaired) electrons. The normalized spacial score (nSPS) is 16.4. The predicted octanol–water partition coefficient (Wildman–Crippen LogP) is 2.07. The van der Waals surface area contributed by atoms with Gasteiger partial charge in [0, 0.05) is 37.7 Å². The van der Waals surface area contributed by atoms with Crippen LogP contribution in [0.15, 0.2) is 18.2 Å². The van der Waals surface area contributed by atoms with Crippen molar-refractivity contribution in [2.75, 3.05) is 43.5 Å². The molecule has 0 saturated carbocycles. The van der Waals surface area contributed by atoms with Crippen molar-refractivity contribution in [3.63, 3.8) is 0 Å². The van der Waals surface area contributed by atoms with E-state index >= 15 is 0 Å². The lowest BCUT2D eigenvalue weighted by Crippen LogP contribution is -2.35. The second-order valence-electron chi connectivity index (χ2n) is 5.13. The smallest absolute Gasteiger partial charge is 0.201 e. The Kier molecular flexibility index (Phi) is 4.55. The maximum atomic E-state index is 6.11. The third-order valence-electron chi connectivity index (χ3n) is 3.81. The van der Waals surface area contributed by atoms with Gasteiger partial charge in [0.1, 0.15) is 11.3 Å². The fourth-order valence-corrected chi connectivity index (χ4v) is 3.69. The number of aromatic nitrogens is 2. The van der Waals surface area contributed by atoms with E-state index < -0.39 is 0 Å². The molecule has 0 bridgehead atoms. The van der Waals surface area contributed by atoms with Crippen LogP contribution in [0.3, 0.4) is 0 Å². The number of ether oxygens (including phenoxy) is 1. The van der Waals surface area contributed by atoms with Crippen molar-refractivity contribution in [1.29, 1.82) is 0 Å². The zero-order valence-electron chi connectivity index (χ0n) is 12.4. The van der Waals surface area contributed by atoms with Crippen LogP contribution in [0, 0.1) is 0 Å². The first kappa shape index (κ1) is 14.5. The lowest BCUT2D eigenvalue weighted by atomic mass is 10.3. The first-order valence-corrected chi connectivity index (χ1v) is 8.62. The number of benzene rings is 1. The van der Waals surface area contributed by atoms with Crippen molar-refractivity contribution in [3.05, 3.63) is 18.2 Å². The summed E-state index contributed by atoms with van der Waals surface area (Å²) in [6.45, 7) is 6.85. The maximum Gasteiger partial charge on any atom is 0.201 e. The Hall–Kier alpha value is -1.40. The van der Waals surface area contributed by atoms with E-state index in [1.54, 1.807) is 0 Å². The standard InChI is InChI=1S/C15H22N4OS/c1-2-20-13-5-3-4-12-14(13)17-15(16)19(12)7-6-18-8-10-21-11-9-18/h3-5H,2,6-11H2,1H3,(H2,16,17). The second-order valence-corrected chi connectivity index (χ2v) is 6.36. The molecule has 0 spiro atoms. The number of fused-ring (bicyclic) bond motifs is 1. The molecular formula is C15H22N4OS.